The predicted octanol–water partition coefficient (Wildman–Crippen LogP) is 6.39. The van der Waals surface area contributed by atoms with Gasteiger partial charge in [0.25, 0.3) is 0 Å². The van der Waals surface area contributed by atoms with Gasteiger partial charge in [-0.2, -0.15) is 5.10 Å². The molecule has 1 N–H and O–H groups in total. The van der Waals surface area contributed by atoms with Crippen molar-refractivity contribution in [1.29, 1.82) is 0 Å². The molecule has 0 atom stereocenters. The van der Waals surface area contributed by atoms with Crippen LogP contribution < -0.4 is 5.43 Å². The van der Waals surface area contributed by atoms with Gasteiger partial charge in [0.2, 0.25) is 0 Å². The highest BCUT2D eigenvalue weighted by Gasteiger charge is 2.03. The first-order valence-electron chi connectivity index (χ1n) is 8.71. The molecule has 3 nitrogen and oxygen atoms in total. The van der Waals surface area contributed by atoms with Crippen molar-refractivity contribution in [3.8, 4) is 11.1 Å². The van der Waals surface area contributed by atoms with Crippen LogP contribution in [0.5, 0.6) is 0 Å². The van der Waals surface area contributed by atoms with E-state index in [1.807, 2.05) is 49.4 Å². The van der Waals surface area contributed by atoms with E-state index in [9.17, 15) is 0 Å². The molecule has 4 heteroatoms. The van der Waals surface area contributed by atoms with E-state index in [0.29, 0.717) is 5.02 Å². The third kappa shape index (κ3) is 3.83. The van der Waals surface area contributed by atoms with Crippen LogP contribution in [0.25, 0.3) is 22.0 Å². The van der Waals surface area contributed by atoms with Crippen molar-refractivity contribution >= 4 is 33.9 Å². The summed E-state index contributed by atoms with van der Waals surface area (Å²) >= 11 is 6.05. The molecule has 0 saturated heterocycles. The van der Waals surface area contributed by atoms with Gasteiger partial charge in [-0.15, -0.1) is 0 Å². The minimum absolute atomic E-state index is 0.672. The van der Waals surface area contributed by atoms with Crippen LogP contribution in [-0.4, -0.2) is 10.7 Å². The third-order valence-corrected chi connectivity index (χ3v) is 4.69. The van der Waals surface area contributed by atoms with Crippen molar-refractivity contribution in [2.24, 2.45) is 5.10 Å². The van der Waals surface area contributed by atoms with Gasteiger partial charge in [0.15, 0.2) is 0 Å². The molecule has 0 bridgehead atoms. The van der Waals surface area contributed by atoms with E-state index in [0.717, 1.165) is 27.9 Å². The largest absolute Gasteiger partial charge is 0.277 e. The van der Waals surface area contributed by atoms with Crippen LogP contribution in [0.1, 0.15) is 12.5 Å². The molecule has 27 heavy (non-hydrogen) atoms. The lowest BCUT2D eigenvalue weighted by molar-refractivity contribution is 1.31. The lowest BCUT2D eigenvalue weighted by Crippen LogP contribution is -2.00. The first kappa shape index (κ1) is 17.3. The quantitative estimate of drug-likeness (QED) is 0.333. The van der Waals surface area contributed by atoms with Crippen molar-refractivity contribution in [2.45, 2.75) is 6.92 Å². The summed E-state index contributed by atoms with van der Waals surface area (Å²) < 4.78 is 0. The second-order valence-corrected chi connectivity index (χ2v) is 6.71. The number of benzene rings is 3. The fourth-order valence-corrected chi connectivity index (χ4v) is 3.13. The molecule has 0 unspecified atom stereocenters. The molecule has 4 rings (SSSR count). The van der Waals surface area contributed by atoms with Crippen molar-refractivity contribution in [3.05, 3.63) is 95.6 Å². The van der Waals surface area contributed by atoms with Crippen LogP contribution in [0.15, 0.2) is 90.2 Å². The summed E-state index contributed by atoms with van der Waals surface area (Å²) in [6.07, 6.45) is 1.75. The lowest BCUT2D eigenvalue weighted by atomic mass is 10.0. The Morgan fingerprint density at radius 3 is 2.41 bits per heavy atom. The summed E-state index contributed by atoms with van der Waals surface area (Å²) in [5.74, 6) is 0. The van der Waals surface area contributed by atoms with Gasteiger partial charge in [-0.1, -0.05) is 66.2 Å². The van der Waals surface area contributed by atoms with Gasteiger partial charge in [-0.25, -0.2) is 0 Å². The van der Waals surface area contributed by atoms with Gasteiger partial charge < -0.3 is 0 Å². The Labute approximate surface area is 163 Å². The van der Waals surface area contributed by atoms with E-state index < -0.39 is 0 Å². The fraction of sp³-hybridized carbons (Fsp3) is 0.0435. The molecule has 0 amide bonds. The summed E-state index contributed by atoms with van der Waals surface area (Å²) in [5, 5.41) is 6.20. The summed E-state index contributed by atoms with van der Waals surface area (Å²) in [5.41, 5.74) is 9.28. The Kier molecular flexibility index (Phi) is 4.86. The highest BCUT2D eigenvalue weighted by molar-refractivity contribution is 6.31. The average molecular weight is 372 g/mol. The minimum atomic E-state index is 0.672. The Balaban J connectivity index is 1.56. The van der Waals surface area contributed by atoms with Crippen molar-refractivity contribution in [2.75, 3.05) is 5.43 Å². The molecule has 0 radical (unpaired) electrons. The van der Waals surface area contributed by atoms with Crippen molar-refractivity contribution < 1.29 is 0 Å². The SMILES string of the molecule is C/C(=N\Nc1ccnc2cc(Cl)ccc12)c1ccc(-c2ccccc2)cc1. The summed E-state index contributed by atoms with van der Waals surface area (Å²) in [6.45, 7) is 1.99. The first-order valence-corrected chi connectivity index (χ1v) is 9.09. The van der Waals surface area contributed by atoms with Crippen molar-refractivity contribution in [3.63, 3.8) is 0 Å². The monoisotopic (exact) mass is 371 g/mol. The van der Waals surface area contributed by atoms with E-state index in [-0.39, 0.29) is 0 Å². The van der Waals surface area contributed by atoms with Crippen LogP contribution in [-0.2, 0) is 0 Å². The molecule has 1 aromatic heterocycles. The van der Waals surface area contributed by atoms with E-state index in [1.165, 1.54) is 11.1 Å². The molecule has 0 fully saturated rings. The maximum atomic E-state index is 6.05. The molecule has 4 aromatic rings. The van der Waals surface area contributed by atoms with E-state index in [4.69, 9.17) is 11.6 Å². The molecular formula is C23H18ClN3. The molecule has 0 aliphatic rings. The smallest absolute Gasteiger partial charge is 0.0738 e. The number of rotatable bonds is 4. The molecular weight excluding hydrogens is 354 g/mol. The van der Waals surface area contributed by atoms with Gasteiger partial charge in [-0.05, 0) is 47.9 Å². The number of halogens is 1. The highest BCUT2D eigenvalue weighted by Crippen LogP contribution is 2.24. The Morgan fingerprint density at radius 1 is 0.889 bits per heavy atom. The second-order valence-electron chi connectivity index (χ2n) is 6.27. The topological polar surface area (TPSA) is 37.3 Å². The summed E-state index contributed by atoms with van der Waals surface area (Å²) in [6, 6.07) is 26.3. The maximum absolute atomic E-state index is 6.05. The standard InChI is InChI=1S/C23H18ClN3/c1-16(17-7-9-19(10-8-17)18-5-3-2-4-6-18)26-27-22-13-14-25-23-15-20(24)11-12-21(22)23/h2-15H,1H3,(H,25,27)/b26-16+. The zero-order valence-electron chi connectivity index (χ0n) is 14.9. The number of nitrogens with one attached hydrogen (secondary N) is 1. The number of nitrogens with zero attached hydrogens (tertiary/aromatic N) is 2. The molecule has 0 spiro atoms. The third-order valence-electron chi connectivity index (χ3n) is 4.46. The van der Waals surface area contributed by atoms with Crippen LogP contribution in [0.2, 0.25) is 5.02 Å². The van der Waals surface area contributed by atoms with Gasteiger partial charge in [-0.3, -0.25) is 10.4 Å². The average Bonchev–Trinajstić information content (AvgIpc) is 2.72. The van der Waals surface area contributed by atoms with Crippen LogP contribution in [0.3, 0.4) is 0 Å². The van der Waals surface area contributed by atoms with Gasteiger partial charge in [0.05, 0.1) is 16.9 Å². The number of fused-ring (bicyclic) bond motifs is 1. The Bertz CT molecular complexity index is 1100. The predicted molar refractivity (Wildman–Crippen MR) is 114 cm³/mol. The Morgan fingerprint density at radius 2 is 1.63 bits per heavy atom. The minimum Gasteiger partial charge on any atom is -0.277 e. The lowest BCUT2D eigenvalue weighted by Gasteiger charge is -2.08. The molecule has 132 valence electrons. The number of aromatic nitrogens is 1. The van der Waals surface area contributed by atoms with Crippen LogP contribution in [0.4, 0.5) is 5.69 Å². The molecule has 1 heterocycles. The number of pyridine rings is 1. The van der Waals surface area contributed by atoms with Crippen molar-refractivity contribution in [1.82, 2.24) is 4.98 Å². The van der Waals surface area contributed by atoms with Gasteiger partial charge >= 0.3 is 0 Å². The summed E-state index contributed by atoms with van der Waals surface area (Å²) in [4.78, 5) is 4.35. The molecule has 3 aromatic carbocycles. The van der Waals surface area contributed by atoms with Gasteiger partial charge in [0.1, 0.15) is 0 Å². The summed E-state index contributed by atoms with van der Waals surface area (Å²) in [7, 11) is 0. The van der Waals surface area contributed by atoms with E-state index in [2.05, 4.69) is 51.9 Å². The number of anilines is 1. The molecule has 0 aliphatic heterocycles. The Hall–Kier alpha value is -3.17. The van der Waals surface area contributed by atoms with E-state index in [1.54, 1.807) is 6.20 Å². The van der Waals surface area contributed by atoms with Crippen LogP contribution in [0, 0.1) is 0 Å². The second kappa shape index (κ2) is 7.60. The molecule has 0 saturated carbocycles. The highest BCUT2D eigenvalue weighted by atomic mass is 35.5. The zero-order valence-corrected chi connectivity index (χ0v) is 15.6. The normalized spacial score (nSPS) is 11.6. The number of hydrazone groups is 1. The van der Waals surface area contributed by atoms with Crippen LogP contribution >= 0.6 is 11.6 Å². The number of hydrogen-bond donors (Lipinski definition) is 1. The fourth-order valence-electron chi connectivity index (χ4n) is 2.96. The maximum Gasteiger partial charge on any atom is 0.0738 e. The first-order chi connectivity index (χ1) is 13.2. The molecule has 0 aliphatic carbocycles. The zero-order chi connectivity index (χ0) is 18.6. The van der Waals surface area contributed by atoms with E-state index >= 15 is 0 Å². The number of hydrogen-bond acceptors (Lipinski definition) is 3. The van der Waals surface area contributed by atoms with Gasteiger partial charge in [0, 0.05) is 16.6 Å².